The first-order chi connectivity index (χ1) is 19.6. The van der Waals surface area contributed by atoms with Crippen LogP contribution in [0, 0.1) is 5.92 Å². The molecule has 238 valence electrons. The topological polar surface area (TPSA) is 69.6 Å². The zero-order chi connectivity index (χ0) is 29.5. The van der Waals surface area contributed by atoms with Gasteiger partial charge in [0.05, 0.1) is 12.5 Å². The Morgan fingerprint density at radius 3 is 1.35 bits per heavy atom. The van der Waals surface area contributed by atoms with Crippen LogP contribution in [0.5, 0.6) is 0 Å². The second kappa shape index (κ2) is 30.8. The van der Waals surface area contributed by atoms with Gasteiger partial charge in [0, 0.05) is 13.1 Å². The summed E-state index contributed by atoms with van der Waals surface area (Å²) in [6.45, 7) is 9.72. The summed E-state index contributed by atoms with van der Waals surface area (Å²) < 4.78 is 0. The number of hydrogen-bond acceptors (Lipinski definition) is 3. The molecule has 40 heavy (non-hydrogen) atoms. The molecule has 0 heterocycles. The van der Waals surface area contributed by atoms with Crippen molar-refractivity contribution in [3.63, 3.8) is 0 Å². The molecular weight excluding hydrogens is 496 g/mol. The molecule has 0 rings (SSSR count). The van der Waals surface area contributed by atoms with Crippen LogP contribution in [-0.4, -0.2) is 48.1 Å². The maximum Gasteiger partial charge on any atom is 0.306 e. The fourth-order valence-electron chi connectivity index (χ4n) is 5.57. The highest BCUT2D eigenvalue weighted by Crippen LogP contribution is 2.18. The van der Waals surface area contributed by atoms with Crippen LogP contribution in [0.15, 0.2) is 0 Å². The predicted octanol–water partition coefficient (Wildman–Crippen LogP) is 9.92. The number of nitrogens with zero attached hydrogens (tertiary/aromatic N) is 1. The van der Waals surface area contributed by atoms with Gasteiger partial charge in [-0.2, -0.15) is 0 Å². The molecule has 0 aromatic carbocycles. The first-order valence-corrected chi connectivity index (χ1v) is 17.8. The summed E-state index contributed by atoms with van der Waals surface area (Å²) in [5.74, 6) is -0.616. The van der Waals surface area contributed by atoms with E-state index in [1.807, 2.05) is 0 Å². The number of carboxylic acids is 1. The van der Waals surface area contributed by atoms with E-state index < -0.39 is 5.97 Å². The van der Waals surface area contributed by atoms with Crippen molar-refractivity contribution >= 4 is 11.9 Å². The molecule has 1 amide bonds. The molecule has 0 aliphatic rings. The Morgan fingerprint density at radius 2 is 0.925 bits per heavy atom. The van der Waals surface area contributed by atoms with Gasteiger partial charge < -0.3 is 15.3 Å². The Labute approximate surface area is 250 Å². The molecule has 0 aromatic heterocycles. The Bertz CT molecular complexity index is 539. The van der Waals surface area contributed by atoms with Crippen molar-refractivity contribution in [2.45, 2.75) is 181 Å². The quantitative estimate of drug-likeness (QED) is 0.0795. The van der Waals surface area contributed by atoms with Gasteiger partial charge in [-0.15, -0.1) is 0 Å². The van der Waals surface area contributed by atoms with Crippen LogP contribution in [0.25, 0.3) is 0 Å². The third-order valence-corrected chi connectivity index (χ3v) is 8.35. The monoisotopic (exact) mass is 567 g/mol. The van der Waals surface area contributed by atoms with Gasteiger partial charge in [-0.25, -0.2) is 0 Å². The van der Waals surface area contributed by atoms with Crippen molar-refractivity contribution in [1.29, 1.82) is 0 Å². The van der Waals surface area contributed by atoms with Gasteiger partial charge in [-0.3, -0.25) is 9.59 Å². The van der Waals surface area contributed by atoms with Crippen molar-refractivity contribution in [1.82, 2.24) is 10.2 Å². The number of carbonyl (C=O) groups is 2. The number of rotatable bonds is 32. The van der Waals surface area contributed by atoms with Crippen LogP contribution in [-0.2, 0) is 9.59 Å². The number of amides is 1. The summed E-state index contributed by atoms with van der Waals surface area (Å²) in [7, 11) is 0. The highest BCUT2D eigenvalue weighted by Gasteiger charge is 2.16. The van der Waals surface area contributed by atoms with Crippen molar-refractivity contribution in [3.8, 4) is 0 Å². The van der Waals surface area contributed by atoms with Crippen LogP contribution < -0.4 is 5.32 Å². The molecule has 0 aromatic rings. The number of nitrogens with one attached hydrogen (secondary N) is 1. The highest BCUT2D eigenvalue weighted by atomic mass is 16.4. The van der Waals surface area contributed by atoms with Crippen LogP contribution in [0.2, 0.25) is 0 Å². The number of carbonyl (C=O) groups excluding carboxylic acids is 1. The standard InChI is InChI=1S/C35H70N2O3/c1-4-7-10-13-16-17-18-19-22-27-33(35(39)40)28-23-24-29-36-32-34(38)37(30-25-20-14-11-8-5-2)31-26-21-15-12-9-6-3/h33,36H,4-32H2,1-3H3,(H,39,40). The molecule has 0 saturated carbocycles. The minimum absolute atomic E-state index is 0.212. The van der Waals surface area contributed by atoms with E-state index in [4.69, 9.17) is 0 Å². The van der Waals surface area contributed by atoms with Crippen LogP contribution >= 0.6 is 0 Å². The molecule has 0 spiro atoms. The molecule has 1 unspecified atom stereocenters. The van der Waals surface area contributed by atoms with Gasteiger partial charge in [-0.05, 0) is 38.6 Å². The minimum atomic E-state index is -0.636. The zero-order valence-electron chi connectivity index (χ0n) is 27.3. The second-order valence-corrected chi connectivity index (χ2v) is 12.2. The largest absolute Gasteiger partial charge is 0.481 e. The third-order valence-electron chi connectivity index (χ3n) is 8.35. The smallest absolute Gasteiger partial charge is 0.306 e. The van der Waals surface area contributed by atoms with E-state index in [-0.39, 0.29) is 11.8 Å². The number of hydrogen-bond donors (Lipinski definition) is 2. The van der Waals surface area contributed by atoms with E-state index >= 15 is 0 Å². The van der Waals surface area contributed by atoms with Crippen molar-refractivity contribution < 1.29 is 14.7 Å². The Kier molecular flexibility index (Phi) is 30.0. The predicted molar refractivity (Wildman–Crippen MR) is 173 cm³/mol. The Hall–Kier alpha value is -1.10. The zero-order valence-corrected chi connectivity index (χ0v) is 27.3. The van der Waals surface area contributed by atoms with Gasteiger partial charge in [0.2, 0.25) is 5.91 Å². The number of unbranched alkanes of at least 4 members (excludes halogenated alkanes) is 19. The molecular formula is C35H70N2O3. The molecule has 0 saturated heterocycles. The summed E-state index contributed by atoms with van der Waals surface area (Å²) in [4.78, 5) is 26.8. The molecule has 0 aliphatic heterocycles. The van der Waals surface area contributed by atoms with Gasteiger partial charge in [0.15, 0.2) is 0 Å². The van der Waals surface area contributed by atoms with E-state index in [0.717, 1.165) is 71.0 Å². The van der Waals surface area contributed by atoms with Gasteiger partial charge in [-0.1, -0.05) is 149 Å². The first kappa shape index (κ1) is 38.9. The van der Waals surface area contributed by atoms with Crippen LogP contribution in [0.1, 0.15) is 181 Å². The van der Waals surface area contributed by atoms with E-state index in [0.29, 0.717) is 6.54 Å². The lowest BCUT2D eigenvalue weighted by atomic mass is 9.95. The maximum absolute atomic E-state index is 13.0. The molecule has 0 bridgehead atoms. The summed E-state index contributed by atoms with van der Waals surface area (Å²) in [6, 6.07) is 0. The second-order valence-electron chi connectivity index (χ2n) is 12.2. The lowest BCUT2D eigenvalue weighted by Crippen LogP contribution is -2.39. The van der Waals surface area contributed by atoms with Crippen LogP contribution in [0.4, 0.5) is 0 Å². The van der Waals surface area contributed by atoms with Gasteiger partial charge >= 0.3 is 5.97 Å². The van der Waals surface area contributed by atoms with Crippen LogP contribution in [0.3, 0.4) is 0 Å². The van der Waals surface area contributed by atoms with E-state index in [9.17, 15) is 14.7 Å². The lowest BCUT2D eigenvalue weighted by Gasteiger charge is -2.23. The minimum Gasteiger partial charge on any atom is -0.481 e. The number of carboxylic acid groups (broad SMARTS) is 1. The fraction of sp³-hybridized carbons (Fsp3) is 0.943. The average molecular weight is 567 g/mol. The first-order valence-electron chi connectivity index (χ1n) is 17.8. The van der Waals surface area contributed by atoms with Crippen molar-refractivity contribution in [2.24, 2.45) is 5.92 Å². The summed E-state index contributed by atoms with van der Waals surface area (Å²) >= 11 is 0. The van der Waals surface area contributed by atoms with Gasteiger partial charge in [0.1, 0.15) is 0 Å². The Morgan fingerprint density at radius 1 is 0.550 bits per heavy atom. The molecule has 5 heteroatoms. The lowest BCUT2D eigenvalue weighted by molar-refractivity contribution is -0.142. The summed E-state index contributed by atoms with van der Waals surface area (Å²) in [6.07, 6.45) is 29.8. The average Bonchev–Trinajstić information content (AvgIpc) is 2.94. The molecule has 0 aliphatic carbocycles. The number of aliphatic carboxylic acids is 1. The third kappa shape index (κ3) is 25.8. The molecule has 1 atom stereocenters. The molecule has 2 N–H and O–H groups in total. The molecule has 0 radical (unpaired) electrons. The van der Waals surface area contributed by atoms with E-state index in [2.05, 4.69) is 31.0 Å². The maximum atomic E-state index is 13.0. The Balaban J connectivity index is 4.12. The normalized spacial score (nSPS) is 12.1. The van der Waals surface area contributed by atoms with E-state index in [1.165, 1.54) is 109 Å². The van der Waals surface area contributed by atoms with Gasteiger partial charge in [0.25, 0.3) is 0 Å². The van der Waals surface area contributed by atoms with E-state index in [1.54, 1.807) is 0 Å². The summed E-state index contributed by atoms with van der Waals surface area (Å²) in [5, 5.41) is 13.0. The molecule has 5 nitrogen and oxygen atoms in total. The summed E-state index contributed by atoms with van der Waals surface area (Å²) in [5.41, 5.74) is 0. The van der Waals surface area contributed by atoms with Crippen molar-refractivity contribution in [2.75, 3.05) is 26.2 Å². The van der Waals surface area contributed by atoms with Crippen molar-refractivity contribution in [3.05, 3.63) is 0 Å². The fourth-order valence-corrected chi connectivity index (χ4v) is 5.57. The molecule has 0 fully saturated rings. The highest BCUT2D eigenvalue weighted by molar-refractivity contribution is 5.78. The SMILES string of the molecule is CCCCCCCCCCCC(CCCCNCC(=O)N(CCCCCCCC)CCCCCCCC)C(=O)O.